The predicted octanol–water partition coefficient (Wildman–Crippen LogP) is 5.27. The highest BCUT2D eigenvalue weighted by Gasteiger charge is 2.48. The van der Waals surface area contributed by atoms with Gasteiger partial charge in [0.2, 0.25) is 0 Å². The molecular weight excluding hydrogens is 306 g/mol. The van der Waals surface area contributed by atoms with Gasteiger partial charge in [0.15, 0.2) is 0 Å². The standard InChI is InChI=1S/C23H31NO/c1-4-15-23(25)16-20(18-11-7-5-8-12-18)24-22(21(23)17(2)3)19-13-9-6-10-14-19/h5-14,17,20-22,24-25H,4,15-16H2,1-3H3/t20-,21+,22-,23+/m1/s1. The fraction of sp³-hybridized carbons (Fsp3) is 0.478. The van der Waals surface area contributed by atoms with E-state index in [9.17, 15) is 5.11 Å². The topological polar surface area (TPSA) is 32.3 Å². The first-order valence-corrected chi connectivity index (χ1v) is 9.63. The summed E-state index contributed by atoms with van der Waals surface area (Å²) in [6.45, 7) is 6.66. The molecule has 0 spiro atoms. The maximum absolute atomic E-state index is 11.7. The van der Waals surface area contributed by atoms with Crippen molar-refractivity contribution >= 4 is 0 Å². The summed E-state index contributed by atoms with van der Waals surface area (Å²) in [7, 11) is 0. The monoisotopic (exact) mass is 337 g/mol. The highest BCUT2D eigenvalue weighted by molar-refractivity contribution is 5.27. The lowest BCUT2D eigenvalue weighted by molar-refractivity contribution is -0.0982. The molecule has 4 atom stereocenters. The maximum Gasteiger partial charge on any atom is 0.0714 e. The van der Waals surface area contributed by atoms with Gasteiger partial charge >= 0.3 is 0 Å². The van der Waals surface area contributed by atoms with Gasteiger partial charge in [-0.05, 0) is 29.9 Å². The minimum Gasteiger partial charge on any atom is -0.389 e. The van der Waals surface area contributed by atoms with Crippen LogP contribution in [0.3, 0.4) is 0 Å². The van der Waals surface area contributed by atoms with Gasteiger partial charge in [0.1, 0.15) is 0 Å². The van der Waals surface area contributed by atoms with E-state index in [0.29, 0.717) is 5.92 Å². The van der Waals surface area contributed by atoms with E-state index >= 15 is 0 Å². The number of benzene rings is 2. The fourth-order valence-electron chi connectivity index (χ4n) is 4.75. The third-order valence-electron chi connectivity index (χ3n) is 5.68. The van der Waals surface area contributed by atoms with E-state index in [1.807, 2.05) is 0 Å². The van der Waals surface area contributed by atoms with Crippen LogP contribution >= 0.6 is 0 Å². The largest absolute Gasteiger partial charge is 0.389 e. The second-order valence-electron chi connectivity index (χ2n) is 7.85. The third kappa shape index (κ3) is 3.80. The Balaban J connectivity index is 2.02. The smallest absolute Gasteiger partial charge is 0.0714 e. The number of hydrogen-bond donors (Lipinski definition) is 2. The normalized spacial score (nSPS) is 29.7. The van der Waals surface area contributed by atoms with Gasteiger partial charge in [-0.2, -0.15) is 0 Å². The average Bonchev–Trinajstić information content (AvgIpc) is 2.62. The summed E-state index contributed by atoms with van der Waals surface area (Å²) in [4.78, 5) is 0. The Labute approximate surface area is 152 Å². The van der Waals surface area contributed by atoms with Crippen LogP contribution in [0.4, 0.5) is 0 Å². The second kappa shape index (κ2) is 7.72. The van der Waals surface area contributed by atoms with Crippen LogP contribution in [0, 0.1) is 11.8 Å². The predicted molar refractivity (Wildman–Crippen MR) is 104 cm³/mol. The van der Waals surface area contributed by atoms with Crippen LogP contribution in [0.2, 0.25) is 0 Å². The van der Waals surface area contributed by atoms with Crippen molar-refractivity contribution in [3.05, 3.63) is 71.8 Å². The van der Waals surface area contributed by atoms with Crippen LogP contribution in [-0.4, -0.2) is 10.7 Å². The molecular formula is C23H31NO. The Morgan fingerprint density at radius 2 is 1.56 bits per heavy atom. The van der Waals surface area contributed by atoms with E-state index in [-0.39, 0.29) is 18.0 Å². The SMILES string of the molecule is CCC[C@]1(O)C[C@H](c2ccccc2)N[C@H](c2ccccc2)[C@@H]1C(C)C. The number of aliphatic hydroxyl groups is 1. The van der Waals surface area contributed by atoms with E-state index in [1.54, 1.807) is 0 Å². The molecule has 25 heavy (non-hydrogen) atoms. The Kier molecular flexibility index (Phi) is 5.61. The third-order valence-corrected chi connectivity index (χ3v) is 5.68. The number of hydrogen-bond acceptors (Lipinski definition) is 2. The van der Waals surface area contributed by atoms with Crippen molar-refractivity contribution in [3.8, 4) is 0 Å². The molecule has 2 aromatic carbocycles. The van der Waals surface area contributed by atoms with Crippen molar-refractivity contribution < 1.29 is 5.11 Å². The van der Waals surface area contributed by atoms with Crippen LogP contribution in [-0.2, 0) is 0 Å². The Morgan fingerprint density at radius 1 is 1.00 bits per heavy atom. The molecule has 2 N–H and O–H groups in total. The molecule has 134 valence electrons. The maximum atomic E-state index is 11.7. The zero-order valence-electron chi connectivity index (χ0n) is 15.7. The molecule has 0 bridgehead atoms. The highest BCUT2D eigenvalue weighted by atomic mass is 16.3. The molecule has 2 aromatic rings. The summed E-state index contributed by atoms with van der Waals surface area (Å²) in [5.74, 6) is 0.612. The first kappa shape index (κ1) is 18.2. The van der Waals surface area contributed by atoms with E-state index in [1.165, 1.54) is 11.1 Å². The first-order valence-electron chi connectivity index (χ1n) is 9.63. The number of piperidine rings is 1. The minimum atomic E-state index is -0.644. The summed E-state index contributed by atoms with van der Waals surface area (Å²) in [6, 6.07) is 21.5. The molecule has 1 heterocycles. The van der Waals surface area contributed by atoms with Gasteiger partial charge in [0.25, 0.3) is 0 Å². The van der Waals surface area contributed by atoms with E-state index in [4.69, 9.17) is 0 Å². The molecule has 0 unspecified atom stereocenters. The molecule has 1 saturated heterocycles. The molecule has 1 fully saturated rings. The zero-order valence-corrected chi connectivity index (χ0v) is 15.7. The Bertz CT molecular complexity index is 654. The van der Waals surface area contributed by atoms with Crippen molar-refractivity contribution in [2.75, 3.05) is 0 Å². The molecule has 3 rings (SSSR count). The van der Waals surface area contributed by atoms with E-state index in [0.717, 1.165) is 19.3 Å². The lowest BCUT2D eigenvalue weighted by Crippen LogP contribution is -2.55. The van der Waals surface area contributed by atoms with Gasteiger partial charge in [-0.3, -0.25) is 0 Å². The average molecular weight is 338 g/mol. The van der Waals surface area contributed by atoms with Gasteiger partial charge in [0.05, 0.1) is 5.60 Å². The second-order valence-corrected chi connectivity index (χ2v) is 7.85. The van der Waals surface area contributed by atoms with Gasteiger partial charge in [-0.1, -0.05) is 87.9 Å². The fourth-order valence-corrected chi connectivity index (χ4v) is 4.75. The summed E-state index contributed by atoms with van der Waals surface area (Å²) in [5.41, 5.74) is 1.89. The van der Waals surface area contributed by atoms with Crippen LogP contribution in [0.5, 0.6) is 0 Å². The van der Waals surface area contributed by atoms with Crippen LogP contribution in [0.15, 0.2) is 60.7 Å². The molecule has 2 nitrogen and oxygen atoms in total. The first-order chi connectivity index (χ1) is 12.0. The summed E-state index contributed by atoms with van der Waals surface area (Å²) in [5, 5.41) is 15.6. The van der Waals surface area contributed by atoms with Gasteiger partial charge < -0.3 is 10.4 Å². The lowest BCUT2D eigenvalue weighted by Gasteiger charge is -2.51. The Hall–Kier alpha value is -1.64. The summed E-state index contributed by atoms with van der Waals surface area (Å²) in [6.07, 6.45) is 2.63. The molecule has 1 aliphatic heterocycles. The molecule has 1 aliphatic rings. The van der Waals surface area contributed by atoms with Gasteiger partial charge in [0, 0.05) is 18.0 Å². The molecule has 0 aliphatic carbocycles. The van der Waals surface area contributed by atoms with Crippen LogP contribution in [0.1, 0.15) is 63.2 Å². The zero-order chi connectivity index (χ0) is 17.9. The molecule has 0 amide bonds. The van der Waals surface area contributed by atoms with Crippen molar-refractivity contribution in [3.63, 3.8) is 0 Å². The molecule has 0 saturated carbocycles. The van der Waals surface area contributed by atoms with Crippen molar-refractivity contribution in [1.82, 2.24) is 5.32 Å². The quantitative estimate of drug-likeness (QED) is 0.779. The lowest BCUT2D eigenvalue weighted by atomic mass is 9.65. The van der Waals surface area contributed by atoms with Crippen molar-refractivity contribution in [1.29, 1.82) is 0 Å². The van der Waals surface area contributed by atoms with E-state index < -0.39 is 5.60 Å². The van der Waals surface area contributed by atoms with E-state index in [2.05, 4.69) is 86.8 Å². The molecule has 2 heteroatoms. The van der Waals surface area contributed by atoms with Gasteiger partial charge in [-0.25, -0.2) is 0 Å². The number of nitrogens with one attached hydrogen (secondary N) is 1. The Morgan fingerprint density at radius 3 is 2.08 bits per heavy atom. The summed E-state index contributed by atoms with van der Waals surface area (Å²) >= 11 is 0. The number of rotatable bonds is 5. The molecule has 0 radical (unpaired) electrons. The van der Waals surface area contributed by atoms with Crippen molar-refractivity contribution in [2.45, 2.75) is 57.7 Å². The minimum absolute atomic E-state index is 0.164. The molecule has 0 aromatic heterocycles. The van der Waals surface area contributed by atoms with Crippen molar-refractivity contribution in [2.24, 2.45) is 11.8 Å². The summed E-state index contributed by atoms with van der Waals surface area (Å²) < 4.78 is 0. The highest BCUT2D eigenvalue weighted by Crippen LogP contribution is 2.48. The van der Waals surface area contributed by atoms with Crippen LogP contribution in [0.25, 0.3) is 0 Å². The van der Waals surface area contributed by atoms with Gasteiger partial charge in [-0.15, -0.1) is 0 Å². The van der Waals surface area contributed by atoms with Crippen LogP contribution < -0.4 is 5.32 Å².